The Morgan fingerprint density at radius 2 is 2.00 bits per heavy atom. The predicted octanol–water partition coefficient (Wildman–Crippen LogP) is 0.796. The molecule has 0 spiro atoms. The van der Waals surface area contributed by atoms with E-state index >= 15 is 0 Å². The minimum Gasteiger partial charge on any atom is -0.388 e. The second-order valence-electron chi connectivity index (χ2n) is 7.02. The van der Waals surface area contributed by atoms with Crippen molar-refractivity contribution in [3.63, 3.8) is 0 Å². The minimum absolute atomic E-state index is 0.262. The van der Waals surface area contributed by atoms with Crippen LogP contribution in [0.4, 0.5) is 5.82 Å². The summed E-state index contributed by atoms with van der Waals surface area (Å²) in [6, 6.07) is 8.93. The fourth-order valence-corrected chi connectivity index (χ4v) is 3.94. The molecule has 152 valence electrons. The first-order valence-electron chi connectivity index (χ1n) is 9.28. The number of nitrogen functional groups attached to an aromatic ring is 1. The normalized spacial score (nSPS) is 32.2. The van der Waals surface area contributed by atoms with Crippen LogP contribution in [0.15, 0.2) is 43.0 Å². The van der Waals surface area contributed by atoms with Crippen molar-refractivity contribution >= 4 is 17.0 Å². The number of anilines is 1. The van der Waals surface area contributed by atoms with Gasteiger partial charge in [-0.3, -0.25) is 0 Å². The fraction of sp³-hybridized carbons (Fsp3) is 0.421. The Morgan fingerprint density at radius 3 is 2.79 bits per heavy atom. The molecule has 2 saturated heterocycles. The molecule has 29 heavy (non-hydrogen) atoms. The Balaban J connectivity index is 1.48. The zero-order chi connectivity index (χ0) is 20.0. The molecule has 3 aromatic rings. The number of hydrogen-bond acceptors (Lipinski definition) is 9. The van der Waals surface area contributed by atoms with Gasteiger partial charge < -0.3 is 34.4 Å². The molecule has 2 unspecified atom stereocenters. The van der Waals surface area contributed by atoms with E-state index in [9.17, 15) is 5.11 Å². The Hall–Kier alpha value is -2.63. The molecule has 6 atom stereocenters. The van der Waals surface area contributed by atoms with E-state index in [2.05, 4.69) is 15.0 Å². The predicted molar refractivity (Wildman–Crippen MR) is 100 cm³/mol. The minimum atomic E-state index is -0.956. The molecule has 0 bridgehead atoms. The molecular weight excluding hydrogens is 378 g/mol. The summed E-state index contributed by atoms with van der Waals surface area (Å²) in [5.41, 5.74) is 7.70. The highest BCUT2D eigenvalue weighted by Crippen LogP contribution is 2.39. The van der Waals surface area contributed by atoms with Crippen LogP contribution >= 0.6 is 0 Å². The zero-order valence-electron chi connectivity index (χ0n) is 15.7. The Kier molecular flexibility index (Phi) is 4.64. The van der Waals surface area contributed by atoms with Crippen molar-refractivity contribution in [2.45, 2.75) is 36.9 Å². The first-order valence-corrected chi connectivity index (χ1v) is 9.28. The average molecular weight is 399 g/mol. The van der Waals surface area contributed by atoms with Gasteiger partial charge in [-0.1, -0.05) is 30.3 Å². The largest absolute Gasteiger partial charge is 0.388 e. The number of nitrogens with two attached hydrogens (primary N) is 1. The van der Waals surface area contributed by atoms with Crippen molar-refractivity contribution < 1.29 is 24.1 Å². The highest BCUT2D eigenvalue weighted by atomic mass is 16.7. The van der Waals surface area contributed by atoms with Gasteiger partial charge in [0.05, 0.1) is 12.9 Å². The maximum Gasteiger partial charge on any atom is 0.184 e. The van der Waals surface area contributed by atoms with Gasteiger partial charge in [-0.15, -0.1) is 0 Å². The number of benzene rings is 1. The second kappa shape index (κ2) is 7.32. The molecule has 4 heterocycles. The average Bonchev–Trinajstić information content (AvgIpc) is 3.19. The summed E-state index contributed by atoms with van der Waals surface area (Å²) in [5, 5.41) is 11.3. The highest BCUT2D eigenvalue weighted by Gasteiger charge is 2.50. The summed E-state index contributed by atoms with van der Waals surface area (Å²) in [6.45, 7) is 0.271. The van der Waals surface area contributed by atoms with Gasteiger partial charge in [0.25, 0.3) is 0 Å². The molecule has 2 aliphatic rings. The van der Waals surface area contributed by atoms with Gasteiger partial charge in [0.15, 0.2) is 24.0 Å². The maximum absolute atomic E-state index is 11.3. The van der Waals surface area contributed by atoms with Crippen molar-refractivity contribution in [2.24, 2.45) is 0 Å². The summed E-state index contributed by atoms with van der Waals surface area (Å²) in [4.78, 5) is 12.5. The number of hydrogen-bond donors (Lipinski definition) is 2. The molecule has 0 radical (unpaired) electrons. The molecule has 0 amide bonds. The van der Waals surface area contributed by atoms with Crippen molar-refractivity contribution in [1.82, 2.24) is 19.5 Å². The van der Waals surface area contributed by atoms with Gasteiger partial charge in [0.1, 0.15) is 36.2 Å². The number of aromatic nitrogens is 4. The van der Waals surface area contributed by atoms with Crippen molar-refractivity contribution in [3.8, 4) is 0 Å². The van der Waals surface area contributed by atoms with Crippen molar-refractivity contribution in [3.05, 3.63) is 48.5 Å². The van der Waals surface area contributed by atoms with E-state index in [1.165, 1.54) is 13.4 Å². The number of fused-ring (bicyclic) bond motifs is 2. The molecule has 5 rings (SSSR count). The molecule has 0 saturated carbocycles. The van der Waals surface area contributed by atoms with E-state index < -0.39 is 36.9 Å². The fourth-order valence-electron chi connectivity index (χ4n) is 3.94. The number of methoxy groups -OCH3 is 1. The SMILES string of the molecule is COC1O[C@@H]2COC(c3ccccc3)O[C@H]2[C@@H](O)[C@@H]1n1cnc2c(N)ncnc21. The van der Waals surface area contributed by atoms with Gasteiger partial charge in [-0.05, 0) is 0 Å². The lowest BCUT2D eigenvalue weighted by Crippen LogP contribution is -2.59. The molecule has 2 aliphatic heterocycles. The number of aliphatic hydroxyl groups is 1. The lowest BCUT2D eigenvalue weighted by atomic mass is 9.95. The van der Waals surface area contributed by atoms with Crippen LogP contribution in [-0.4, -0.2) is 62.9 Å². The van der Waals surface area contributed by atoms with E-state index in [-0.39, 0.29) is 12.4 Å². The molecule has 10 heteroatoms. The monoisotopic (exact) mass is 399 g/mol. The van der Waals surface area contributed by atoms with Gasteiger partial charge in [0, 0.05) is 12.7 Å². The van der Waals surface area contributed by atoms with Crippen LogP contribution in [0.2, 0.25) is 0 Å². The molecule has 3 N–H and O–H groups in total. The van der Waals surface area contributed by atoms with Gasteiger partial charge in [-0.2, -0.15) is 0 Å². The Bertz CT molecular complexity index is 999. The number of nitrogens with zero attached hydrogens (tertiary/aromatic N) is 4. The van der Waals surface area contributed by atoms with Crippen LogP contribution in [0, 0.1) is 0 Å². The first-order chi connectivity index (χ1) is 14.2. The highest BCUT2D eigenvalue weighted by molar-refractivity contribution is 5.81. The topological polar surface area (TPSA) is 127 Å². The summed E-state index contributed by atoms with van der Waals surface area (Å²) in [6.07, 6.45) is -0.487. The third kappa shape index (κ3) is 3.05. The number of aliphatic hydroxyl groups excluding tert-OH is 1. The standard InChI is InChI=1S/C19H21N5O5/c1-26-19-13(24-9-23-12-16(20)21-8-22-17(12)24)14(25)15-11(28-19)7-27-18(29-15)10-5-3-2-4-6-10/h2-6,8-9,11,13-15,18-19,25H,7H2,1H3,(H2,20,21,22)/t11-,13+,14+,15-,18?,19?/m1/s1. The third-order valence-electron chi connectivity index (χ3n) is 5.35. The number of rotatable bonds is 3. The van der Waals surface area contributed by atoms with Crippen molar-refractivity contribution in [2.75, 3.05) is 19.5 Å². The van der Waals surface area contributed by atoms with E-state index in [0.29, 0.717) is 11.2 Å². The maximum atomic E-state index is 11.3. The molecule has 2 fully saturated rings. The molecule has 10 nitrogen and oxygen atoms in total. The van der Waals surface area contributed by atoms with E-state index in [1.807, 2.05) is 30.3 Å². The van der Waals surface area contributed by atoms with Crippen LogP contribution in [0.3, 0.4) is 0 Å². The van der Waals surface area contributed by atoms with Crippen LogP contribution in [0.1, 0.15) is 17.9 Å². The number of imidazole rings is 1. The van der Waals surface area contributed by atoms with E-state index in [1.54, 1.807) is 10.9 Å². The molecule has 2 aromatic heterocycles. The lowest BCUT2D eigenvalue weighted by Gasteiger charge is -2.47. The molecular formula is C19H21N5O5. The second-order valence-corrected chi connectivity index (χ2v) is 7.02. The van der Waals surface area contributed by atoms with Crippen LogP contribution in [-0.2, 0) is 18.9 Å². The van der Waals surface area contributed by atoms with E-state index in [4.69, 9.17) is 24.7 Å². The molecule has 0 aliphatic carbocycles. The summed E-state index contributed by atoms with van der Waals surface area (Å²) in [7, 11) is 1.52. The molecule has 1 aromatic carbocycles. The van der Waals surface area contributed by atoms with Crippen molar-refractivity contribution in [1.29, 1.82) is 0 Å². The number of ether oxygens (including phenoxy) is 4. The van der Waals surface area contributed by atoms with Crippen LogP contribution in [0.5, 0.6) is 0 Å². The smallest absolute Gasteiger partial charge is 0.184 e. The summed E-state index contributed by atoms with van der Waals surface area (Å²) in [5.74, 6) is 0.262. The van der Waals surface area contributed by atoms with Crippen LogP contribution in [0.25, 0.3) is 11.2 Å². The first kappa shape index (κ1) is 18.4. The lowest BCUT2D eigenvalue weighted by molar-refractivity contribution is -0.346. The van der Waals surface area contributed by atoms with Gasteiger partial charge in [0.2, 0.25) is 0 Å². The Labute approximate surface area is 166 Å². The Morgan fingerprint density at radius 1 is 1.17 bits per heavy atom. The quantitative estimate of drug-likeness (QED) is 0.657. The zero-order valence-corrected chi connectivity index (χ0v) is 15.7. The van der Waals surface area contributed by atoms with Crippen LogP contribution < -0.4 is 5.73 Å². The van der Waals surface area contributed by atoms with Gasteiger partial charge >= 0.3 is 0 Å². The van der Waals surface area contributed by atoms with E-state index in [0.717, 1.165) is 5.56 Å². The summed E-state index contributed by atoms with van der Waals surface area (Å²) < 4.78 is 25.2. The summed E-state index contributed by atoms with van der Waals surface area (Å²) >= 11 is 0. The van der Waals surface area contributed by atoms with Gasteiger partial charge in [-0.25, -0.2) is 15.0 Å². The third-order valence-corrected chi connectivity index (χ3v) is 5.35.